The van der Waals surface area contributed by atoms with Crippen LogP contribution in [0.1, 0.15) is 29.0 Å². The molecule has 3 aliphatic heterocycles. The van der Waals surface area contributed by atoms with Crippen LogP contribution < -0.4 is 5.73 Å². The largest absolute Gasteiger partial charge is 0.368 e. The zero-order chi connectivity index (χ0) is 18.9. The van der Waals surface area contributed by atoms with Crippen LogP contribution in [0.2, 0.25) is 0 Å². The third kappa shape index (κ3) is 3.95. The van der Waals surface area contributed by atoms with Gasteiger partial charge in [-0.15, -0.1) is 11.3 Å². The lowest BCUT2D eigenvalue weighted by Crippen LogP contribution is -2.31. The molecule has 0 amide bonds. The summed E-state index contributed by atoms with van der Waals surface area (Å²) >= 11 is 1.63. The van der Waals surface area contributed by atoms with Crippen LogP contribution in [0.5, 0.6) is 0 Å². The zero-order valence-corrected chi connectivity index (χ0v) is 16.4. The molecule has 0 unspecified atom stereocenters. The molecular weight excluding hydrogens is 386 g/mol. The molecule has 1 aromatic heterocycles. The maximum absolute atomic E-state index is 11.8. The quantitative estimate of drug-likeness (QED) is 0.825. The Morgan fingerprint density at radius 1 is 1.11 bits per heavy atom. The van der Waals surface area contributed by atoms with Gasteiger partial charge in [0, 0.05) is 23.6 Å². The molecule has 2 N–H and O–H groups in total. The van der Waals surface area contributed by atoms with Gasteiger partial charge in [-0.3, -0.25) is 0 Å². The van der Waals surface area contributed by atoms with E-state index in [1.807, 2.05) is 6.07 Å². The first-order chi connectivity index (χ1) is 13.0. The van der Waals surface area contributed by atoms with Crippen LogP contribution in [-0.2, 0) is 24.4 Å². The van der Waals surface area contributed by atoms with Crippen molar-refractivity contribution in [3.8, 4) is 0 Å². The van der Waals surface area contributed by atoms with E-state index >= 15 is 0 Å². The van der Waals surface area contributed by atoms with Crippen molar-refractivity contribution in [1.82, 2.24) is 4.90 Å². The SMILES string of the molecule is NC1=NC(c2ccc(CCN3CCCCC3)s2)=CS12OC(=O)C=CC(=O)O2. The van der Waals surface area contributed by atoms with E-state index in [0.29, 0.717) is 5.70 Å². The number of hydrogen-bond acceptors (Lipinski definition) is 8. The number of likely N-dealkylation sites (tertiary alicyclic amines) is 1. The predicted molar refractivity (Wildman–Crippen MR) is 107 cm³/mol. The van der Waals surface area contributed by atoms with Crippen molar-refractivity contribution in [3.63, 3.8) is 0 Å². The average molecular weight is 408 g/mol. The highest BCUT2D eigenvalue weighted by Gasteiger charge is 2.38. The van der Waals surface area contributed by atoms with Crippen LogP contribution in [0.25, 0.3) is 5.70 Å². The number of thiophene rings is 1. The molecule has 4 rings (SSSR count). The molecule has 0 bridgehead atoms. The molecule has 144 valence electrons. The lowest BCUT2D eigenvalue weighted by molar-refractivity contribution is -0.129. The van der Waals surface area contributed by atoms with Crippen LogP contribution in [0.4, 0.5) is 0 Å². The maximum atomic E-state index is 11.8. The summed E-state index contributed by atoms with van der Waals surface area (Å²) < 4.78 is 10.6. The van der Waals surface area contributed by atoms with Gasteiger partial charge in [0.2, 0.25) is 5.17 Å². The van der Waals surface area contributed by atoms with Crippen molar-refractivity contribution in [3.05, 3.63) is 39.4 Å². The molecule has 4 heterocycles. The maximum Gasteiger partial charge on any atom is 0.354 e. The van der Waals surface area contributed by atoms with Crippen LogP contribution in [0.15, 0.2) is 34.7 Å². The fourth-order valence-corrected chi connectivity index (χ4v) is 5.97. The molecular formula is C18H21N3O4S2. The summed E-state index contributed by atoms with van der Waals surface area (Å²) in [5.41, 5.74) is 6.56. The molecule has 1 fully saturated rings. The second-order valence-electron chi connectivity index (χ2n) is 6.55. The van der Waals surface area contributed by atoms with E-state index in [1.54, 1.807) is 16.7 Å². The van der Waals surface area contributed by atoms with Gasteiger partial charge in [-0.05, 0) is 55.1 Å². The first kappa shape index (κ1) is 18.3. The topological polar surface area (TPSA) is 94.2 Å². The number of carbonyl (C=O) groups excluding carboxylic acids is 2. The Kier molecular flexibility index (Phi) is 5.07. The van der Waals surface area contributed by atoms with E-state index in [2.05, 4.69) is 16.0 Å². The third-order valence-corrected chi connectivity index (χ3v) is 7.79. The summed E-state index contributed by atoms with van der Waals surface area (Å²) in [6, 6.07) is 4.07. The molecule has 7 nitrogen and oxygen atoms in total. The van der Waals surface area contributed by atoms with Crippen molar-refractivity contribution in [2.75, 3.05) is 19.6 Å². The lowest BCUT2D eigenvalue weighted by atomic mass is 10.1. The van der Waals surface area contributed by atoms with E-state index in [9.17, 15) is 9.59 Å². The molecule has 1 spiro atoms. The Bertz CT molecular complexity index is 833. The number of nitrogens with zero attached hydrogens (tertiary/aromatic N) is 2. The number of amidine groups is 1. The van der Waals surface area contributed by atoms with Gasteiger partial charge in [-0.2, -0.15) is 0 Å². The second kappa shape index (κ2) is 7.49. The lowest BCUT2D eigenvalue weighted by Gasteiger charge is -2.32. The van der Waals surface area contributed by atoms with Crippen LogP contribution in [-0.4, -0.2) is 41.6 Å². The number of carbonyl (C=O) groups is 2. The highest BCUT2D eigenvalue weighted by Crippen LogP contribution is 2.58. The van der Waals surface area contributed by atoms with Gasteiger partial charge in [0.05, 0.1) is 10.3 Å². The molecule has 1 saturated heterocycles. The monoisotopic (exact) mass is 407 g/mol. The fourth-order valence-electron chi connectivity index (χ4n) is 3.22. The van der Waals surface area contributed by atoms with Gasteiger partial charge in [-0.25, -0.2) is 14.6 Å². The number of aliphatic imine (C=N–C) groups is 1. The molecule has 0 saturated carbocycles. The molecule has 0 atom stereocenters. The van der Waals surface area contributed by atoms with Crippen molar-refractivity contribution >= 4 is 44.7 Å². The van der Waals surface area contributed by atoms with Gasteiger partial charge < -0.3 is 19.0 Å². The summed E-state index contributed by atoms with van der Waals surface area (Å²) in [6.07, 6.45) is 6.96. The van der Waals surface area contributed by atoms with Gasteiger partial charge in [0.1, 0.15) is 5.70 Å². The molecule has 9 heteroatoms. The van der Waals surface area contributed by atoms with Gasteiger partial charge >= 0.3 is 11.9 Å². The van der Waals surface area contributed by atoms with Crippen molar-refractivity contribution in [2.24, 2.45) is 10.7 Å². The van der Waals surface area contributed by atoms with E-state index in [4.69, 9.17) is 14.1 Å². The predicted octanol–water partition coefficient (Wildman–Crippen LogP) is 2.69. The summed E-state index contributed by atoms with van der Waals surface area (Å²) in [7, 11) is -2.79. The molecule has 3 aliphatic rings. The molecule has 0 radical (unpaired) electrons. The standard InChI is InChI=1S/C18H21N3O4S2/c19-18-20-14(12-27(18)24-16(22)6-7-17(23)25-27)15-5-4-13(26-15)8-11-21-9-2-1-3-10-21/h4-7,12H,1-3,8-11H2,(H2,19,20). The van der Waals surface area contributed by atoms with Crippen molar-refractivity contribution < 1.29 is 18.0 Å². The number of rotatable bonds is 4. The number of nitrogens with two attached hydrogens (primary N) is 1. The Morgan fingerprint density at radius 3 is 2.52 bits per heavy atom. The molecule has 0 aliphatic carbocycles. The Labute approximate surface area is 163 Å². The summed E-state index contributed by atoms with van der Waals surface area (Å²) in [5, 5.41) is 1.59. The van der Waals surface area contributed by atoms with Gasteiger partial charge in [-0.1, -0.05) is 6.42 Å². The minimum absolute atomic E-state index is 0.0196. The highest BCUT2D eigenvalue weighted by molar-refractivity contribution is 8.41. The molecule has 1 aromatic rings. The fraction of sp³-hybridized carbons (Fsp3) is 0.389. The number of piperidine rings is 1. The van der Waals surface area contributed by atoms with E-state index in [-0.39, 0.29) is 5.17 Å². The highest BCUT2D eigenvalue weighted by atomic mass is 32.3. The van der Waals surface area contributed by atoms with Crippen molar-refractivity contribution in [1.29, 1.82) is 0 Å². The Balaban J connectivity index is 1.48. The Morgan fingerprint density at radius 2 is 1.81 bits per heavy atom. The van der Waals surface area contributed by atoms with E-state index < -0.39 is 22.5 Å². The summed E-state index contributed by atoms with van der Waals surface area (Å²) in [4.78, 5) is 32.5. The zero-order valence-electron chi connectivity index (χ0n) is 14.8. The summed E-state index contributed by atoms with van der Waals surface area (Å²) in [5.74, 6) is -1.33. The third-order valence-electron chi connectivity index (χ3n) is 4.59. The van der Waals surface area contributed by atoms with E-state index in [0.717, 1.165) is 30.0 Å². The van der Waals surface area contributed by atoms with Crippen LogP contribution >= 0.6 is 21.9 Å². The van der Waals surface area contributed by atoms with Crippen LogP contribution in [0.3, 0.4) is 0 Å². The second-order valence-corrected chi connectivity index (χ2v) is 9.80. The normalized spacial score (nSPS) is 23.4. The van der Waals surface area contributed by atoms with Gasteiger partial charge in [0.15, 0.2) is 0 Å². The minimum Gasteiger partial charge on any atom is -0.368 e. The Hall–Kier alpha value is -2.10. The van der Waals surface area contributed by atoms with Crippen LogP contribution in [0, 0.1) is 0 Å². The smallest absolute Gasteiger partial charge is 0.354 e. The van der Waals surface area contributed by atoms with E-state index in [1.165, 1.54) is 37.2 Å². The first-order valence-corrected chi connectivity index (χ1v) is 11.3. The van der Waals surface area contributed by atoms with Gasteiger partial charge in [0.25, 0.3) is 0 Å². The molecule has 27 heavy (non-hydrogen) atoms. The first-order valence-electron chi connectivity index (χ1n) is 8.90. The summed E-state index contributed by atoms with van der Waals surface area (Å²) in [6.45, 7) is 3.42. The molecule has 0 aromatic carbocycles. The minimum atomic E-state index is -2.79. The van der Waals surface area contributed by atoms with Crippen molar-refractivity contribution in [2.45, 2.75) is 25.7 Å². The number of hydrogen-bond donors (Lipinski definition) is 1. The average Bonchev–Trinajstić information content (AvgIpc) is 3.20.